The average Bonchev–Trinajstić information content (AvgIpc) is 2.38. The van der Waals surface area contributed by atoms with Crippen LogP contribution in [0.3, 0.4) is 0 Å². The molecule has 0 amide bonds. The number of methoxy groups -OCH3 is 1. The zero-order valence-electron chi connectivity index (χ0n) is 12.6. The first-order valence-electron chi connectivity index (χ1n) is 6.72. The third kappa shape index (κ3) is 3.97. The summed E-state index contributed by atoms with van der Waals surface area (Å²) in [6, 6.07) is 8.81. The SMILES string of the molecule is COc1ccc(C(C)C)cc1C(CCC#N)N(C)C. The highest BCUT2D eigenvalue weighted by molar-refractivity contribution is 5.40. The first-order chi connectivity index (χ1) is 9.01. The summed E-state index contributed by atoms with van der Waals surface area (Å²) < 4.78 is 5.48. The van der Waals surface area contributed by atoms with E-state index in [2.05, 4.69) is 36.9 Å². The number of nitriles is 1. The van der Waals surface area contributed by atoms with Crippen LogP contribution in [0.2, 0.25) is 0 Å². The number of ether oxygens (including phenoxy) is 1. The highest BCUT2D eigenvalue weighted by Gasteiger charge is 2.19. The lowest BCUT2D eigenvalue weighted by Crippen LogP contribution is -2.20. The quantitative estimate of drug-likeness (QED) is 0.782. The van der Waals surface area contributed by atoms with Crippen molar-refractivity contribution in [3.63, 3.8) is 0 Å². The lowest BCUT2D eigenvalue weighted by Gasteiger charge is -2.26. The topological polar surface area (TPSA) is 36.3 Å². The molecular weight excluding hydrogens is 236 g/mol. The van der Waals surface area contributed by atoms with Crippen LogP contribution in [0.5, 0.6) is 5.75 Å². The van der Waals surface area contributed by atoms with E-state index in [-0.39, 0.29) is 6.04 Å². The minimum absolute atomic E-state index is 0.216. The number of nitrogens with zero attached hydrogens (tertiary/aromatic N) is 2. The number of benzene rings is 1. The molecule has 0 radical (unpaired) electrons. The van der Waals surface area contributed by atoms with E-state index in [1.165, 1.54) is 11.1 Å². The van der Waals surface area contributed by atoms with Crippen LogP contribution in [0.15, 0.2) is 18.2 Å². The predicted octanol–water partition coefficient (Wildman–Crippen LogP) is 3.73. The minimum Gasteiger partial charge on any atom is -0.496 e. The molecule has 0 bridgehead atoms. The fourth-order valence-electron chi connectivity index (χ4n) is 2.27. The third-order valence-electron chi connectivity index (χ3n) is 3.43. The lowest BCUT2D eigenvalue weighted by molar-refractivity contribution is 0.276. The molecule has 1 aromatic rings. The molecule has 3 nitrogen and oxygen atoms in total. The van der Waals surface area contributed by atoms with Gasteiger partial charge in [-0.1, -0.05) is 26.0 Å². The standard InChI is InChI=1S/C16H24N2O/c1-12(2)13-8-9-16(19-5)14(11-13)15(18(3)4)7-6-10-17/h8-9,11-12,15H,6-7H2,1-5H3. The van der Waals surface area contributed by atoms with Gasteiger partial charge in [0.15, 0.2) is 0 Å². The van der Waals surface area contributed by atoms with E-state index in [9.17, 15) is 0 Å². The van der Waals surface area contributed by atoms with Crippen molar-refractivity contribution in [3.8, 4) is 11.8 Å². The Hall–Kier alpha value is -1.53. The minimum atomic E-state index is 0.216. The summed E-state index contributed by atoms with van der Waals surface area (Å²) in [5, 5.41) is 8.81. The second kappa shape index (κ2) is 7.16. The van der Waals surface area contributed by atoms with Crippen LogP contribution in [0.1, 0.15) is 49.8 Å². The second-order valence-electron chi connectivity index (χ2n) is 5.33. The largest absolute Gasteiger partial charge is 0.496 e. The van der Waals surface area contributed by atoms with Crippen LogP contribution < -0.4 is 4.74 Å². The molecule has 0 aliphatic carbocycles. The van der Waals surface area contributed by atoms with Crippen molar-refractivity contribution in [2.45, 2.75) is 38.6 Å². The van der Waals surface area contributed by atoms with E-state index < -0.39 is 0 Å². The van der Waals surface area contributed by atoms with Crippen molar-refractivity contribution in [1.82, 2.24) is 4.90 Å². The van der Waals surface area contributed by atoms with Gasteiger partial charge in [-0.15, -0.1) is 0 Å². The fourth-order valence-corrected chi connectivity index (χ4v) is 2.27. The van der Waals surface area contributed by atoms with Gasteiger partial charge in [-0.05, 0) is 38.1 Å². The second-order valence-corrected chi connectivity index (χ2v) is 5.33. The fraction of sp³-hybridized carbons (Fsp3) is 0.562. The van der Waals surface area contributed by atoms with Gasteiger partial charge in [0.1, 0.15) is 5.75 Å². The molecule has 104 valence electrons. The van der Waals surface area contributed by atoms with Crippen LogP contribution in [-0.2, 0) is 0 Å². The van der Waals surface area contributed by atoms with Crippen molar-refractivity contribution >= 4 is 0 Å². The van der Waals surface area contributed by atoms with E-state index in [1.54, 1.807) is 7.11 Å². The summed E-state index contributed by atoms with van der Waals surface area (Å²) in [6.07, 6.45) is 1.37. The molecule has 0 aromatic heterocycles. The molecule has 0 saturated carbocycles. The Bertz CT molecular complexity index is 447. The summed E-state index contributed by atoms with van der Waals surface area (Å²) in [4.78, 5) is 2.15. The molecule has 1 rings (SSSR count). The maximum atomic E-state index is 8.81. The van der Waals surface area contributed by atoms with Gasteiger partial charge >= 0.3 is 0 Å². The molecule has 0 aliphatic rings. The van der Waals surface area contributed by atoms with Crippen LogP contribution in [0, 0.1) is 11.3 Å². The third-order valence-corrected chi connectivity index (χ3v) is 3.43. The molecule has 0 spiro atoms. The first-order valence-corrected chi connectivity index (χ1v) is 6.72. The first kappa shape index (κ1) is 15.5. The molecule has 0 saturated heterocycles. The smallest absolute Gasteiger partial charge is 0.123 e. The van der Waals surface area contributed by atoms with Gasteiger partial charge in [0.05, 0.1) is 13.2 Å². The van der Waals surface area contributed by atoms with Crippen molar-refractivity contribution < 1.29 is 4.74 Å². The molecule has 0 N–H and O–H groups in total. The van der Waals surface area contributed by atoms with Gasteiger partial charge < -0.3 is 9.64 Å². The zero-order chi connectivity index (χ0) is 14.4. The summed E-state index contributed by atoms with van der Waals surface area (Å²) in [6.45, 7) is 4.37. The van der Waals surface area contributed by atoms with Crippen molar-refractivity contribution in [2.75, 3.05) is 21.2 Å². The van der Waals surface area contributed by atoms with Crippen LogP contribution >= 0.6 is 0 Å². The number of hydrogen-bond donors (Lipinski definition) is 0. The normalized spacial score (nSPS) is 12.5. The predicted molar refractivity (Wildman–Crippen MR) is 78.4 cm³/mol. The molecule has 0 fully saturated rings. The molecule has 19 heavy (non-hydrogen) atoms. The summed E-state index contributed by atoms with van der Waals surface area (Å²) in [7, 11) is 5.79. The Morgan fingerprint density at radius 2 is 2.00 bits per heavy atom. The van der Waals surface area contributed by atoms with Gasteiger partial charge in [0.25, 0.3) is 0 Å². The summed E-state index contributed by atoms with van der Waals surface area (Å²) in [5.74, 6) is 1.39. The van der Waals surface area contributed by atoms with Gasteiger partial charge in [0, 0.05) is 18.0 Å². The molecule has 0 aliphatic heterocycles. The van der Waals surface area contributed by atoms with E-state index in [4.69, 9.17) is 10.00 Å². The van der Waals surface area contributed by atoms with E-state index in [1.807, 2.05) is 20.2 Å². The Labute approximate surface area is 116 Å². The van der Waals surface area contributed by atoms with Crippen molar-refractivity contribution in [1.29, 1.82) is 5.26 Å². The van der Waals surface area contributed by atoms with E-state index in [0.29, 0.717) is 12.3 Å². The van der Waals surface area contributed by atoms with Crippen molar-refractivity contribution in [3.05, 3.63) is 29.3 Å². The molecule has 3 heteroatoms. The average molecular weight is 260 g/mol. The summed E-state index contributed by atoms with van der Waals surface area (Å²) >= 11 is 0. The van der Waals surface area contributed by atoms with Crippen LogP contribution in [-0.4, -0.2) is 26.1 Å². The molecule has 1 atom stereocenters. The molecular formula is C16H24N2O. The molecule has 1 aromatic carbocycles. The van der Waals surface area contributed by atoms with Gasteiger partial charge in [0.2, 0.25) is 0 Å². The van der Waals surface area contributed by atoms with Crippen LogP contribution in [0.4, 0.5) is 0 Å². The summed E-state index contributed by atoms with van der Waals surface area (Å²) in [5.41, 5.74) is 2.48. The monoisotopic (exact) mass is 260 g/mol. The Morgan fingerprint density at radius 1 is 1.32 bits per heavy atom. The Kier molecular flexibility index (Phi) is 5.85. The van der Waals surface area contributed by atoms with Gasteiger partial charge in [-0.2, -0.15) is 5.26 Å². The van der Waals surface area contributed by atoms with Gasteiger partial charge in [-0.25, -0.2) is 0 Å². The maximum Gasteiger partial charge on any atom is 0.123 e. The zero-order valence-corrected chi connectivity index (χ0v) is 12.6. The number of rotatable bonds is 6. The van der Waals surface area contributed by atoms with E-state index in [0.717, 1.165) is 12.2 Å². The van der Waals surface area contributed by atoms with Crippen LogP contribution in [0.25, 0.3) is 0 Å². The molecule has 0 heterocycles. The highest BCUT2D eigenvalue weighted by atomic mass is 16.5. The van der Waals surface area contributed by atoms with Gasteiger partial charge in [-0.3, -0.25) is 0 Å². The molecule has 1 unspecified atom stereocenters. The Balaban J connectivity index is 3.18. The highest BCUT2D eigenvalue weighted by Crippen LogP contribution is 2.33. The van der Waals surface area contributed by atoms with E-state index >= 15 is 0 Å². The van der Waals surface area contributed by atoms with Crippen molar-refractivity contribution in [2.24, 2.45) is 0 Å². The Morgan fingerprint density at radius 3 is 2.47 bits per heavy atom. The lowest BCUT2D eigenvalue weighted by atomic mass is 9.94. The maximum absolute atomic E-state index is 8.81. The number of hydrogen-bond acceptors (Lipinski definition) is 3.